The number of rotatable bonds is 5. The van der Waals surface area contributed by atoms with Gasteiger partial charge in [0.05, 0.1) is 0 Å². The summed E-state index contributed by atoms with van der Waals surface area (Å²) < 4.78 is 11.9. The molecule has 21 heavy (non-hydrogen) atoms. The first-order valence-corrected chi connectivity index (χ1v) is 13.0. The summed E-state index contributed by atoms with van der Waals surface area (Å²) in [6, 6.07) is 19.2. The van der Waals surface area contributed by atoms with Crippen molar-refractivity contribution in [3.05, 3.63) is 54.6 Å². The molecule has 0 heterocycles. The fraction of sp³-hybridized carbons (Fsp3) is 0.294. The molecule has 0 aromatic heterocycles. The van der Waals surface area contributed by atoms with Crippen molar-refractivity contribution in [2.45, 2.75) is 26.2 Å². The fourth-order valence-corrected chi connectivity index (χ4v) is 9.10. The predicted molar refractivity (Wildman–Crippen MR) is 94.6 cm³/mol. The van der Waals surface area contributed by atoms with Crippen molar-refractivity contribution < 1.29 is 8.54 Å². The van der Waals surface area contributed by atoms with Gasteiger partial charge in [0.15, 0.2) is 0 Å². The minimum atomic E-state index is -2.01. The number of benzene rings is 2. The first-order valence-electron chi connectivity index (χ1n) is 7.25. The van der Waals surface area contributed by atoms with Gasteiger partial charge in [-0.15, -0.1) is 0 Å². The zero-order valence-corrected chi connectivity index (χ0v) is 15.5. The van der Waals surface area contributed by atoms with Gasteiger partial charge in [-0.25, -0.2) is 0 Å². The molecule has 0 unspecified atom stereocenters. The second-order valence-electron chi connectivity index (χ2n) is 6.16. The van der Waals surface area contributed by atoms with Crippen LogP contribution in [0.25, 0.3) is 11.1 Å². The Balaban J connectivity index is 2.22. The van der Waals surface area contributed by atoms with Gasteiger partial charge in [0, 0.05) is 7.11 Å². The third kappa shape index (κ3) is 4.14. The molecule has 0 bridgehead atoms. The molecule has 0 fully saturated rings. The van der Waals surface area contributed by atoms with Crippen LogP contribution >= 0.6 is 0 Å². The SMILES string of the molecule is CO[Si](C)(C)O[Si](C)(C)c1ccc(-c2ccccc2)cc1. The standard InChI is InChI=1S/C17H24O2Si2/c1-18-21(4,5)19-20(2,3)17-13-11-16(12-14-17)15-9-7-6-8-10-15/h6-14H,1-5H3. The Bertz CT molecular complexity index is 577. The molecule has 2 aromatic rings. The summed E-state index contributed by atoms with van der Waals surface area (Å²) in [5, 5.41) is 1.31. The third-order valence-electron chi connectivity index (χ3n) is 3.68. The quantitative estimate of drug-likeness (QED) is 0.772. The van der Waals surface area contributed by atoms with Crippen LogP contribution in [0.2, 0.25) is 26.2 Å². The average molecular weight is 317 g/mol. The maximum absolute atomic E-state index is 6.36. The molecule has 112 valence electrons. The molecule has 2 aromatic carbocycles. The summed E-state index contributed by atoms with van der Waals surface area (Å²) in [7, 11) is -2.19. The van der Waals surface area contributed by atoms with Crippen molar-refractivity contribution in [2.24, 2.45) is 0 Å². The minimum absolute atomic E-state index is 1.24. The van der Waals surface area contributed by atoms with Crippen molar-refractivity contribution in [1.82, 2.24) is 0 Å². The molecule has 0 amide bonds. The summed E-state index contributed by atoms with van der Waals surface area (Å²) in [5.74, 6) is 0. The van der Waals surface area contributed by atoms with Crippen LogP contribution in [0.3, 0.4) is 0 Å². The van der Waals surface area contributed by atoms with Gasteiger partial charge in [-0.3, -0.25) is 0 Å². The Morgan fingerprint density at radius 2 is 1.24 bits per heavy atom. The molecule has 0 aliphatic rings. The maximum atomic E-state index is 6.36. The lowest BCUT2D eigenvalue weighted by atomic mass is 10.1. The zero-order chi connectivity index (χ0) is 15.5. The molecule has 4 heteroatoms. The zero-order valence-electron chi connectivity index (χ0n) is 13.5. The predicted octanol–water partition coefficient (Wildman–Crippen LogP) is 4.13. The van der Waals surface area contributed by atoms with E-state index in [1.54, 1.807) is 7.11 Å². The van der Waals surface area contributed by atoms with E-state index in [2.05, 4.69) is 74.7 Å². The molecule has 0 aliphatic heterocycles. The van der Waals surface area contributed by atoms with Crippen molar-refractivity contribution in [3.8, 4) is 11.1 Å². The molecule has 2 nitrogen and oxygen atoms in total. The summed E-state index contributed by atoms with van der Waals surface area (Å²) >= 11 is 0. The van der Waals surface area contributed by atoms with Crippen LogP contribution in [-0.2, 0) is 8.54 Å². The Labute approximate surface area is 130 Å². The topological polar surface area (TPSA) is 18.5 Å². The summed E-state index contributed by atoms with van der Waals surface area (Å²) in [4.78, 5) is 0. The molecule has 0 aliphatic carbocycles. The van der Waals surface area contributed by atoms with Gasteiger partial charge in [0.1, 0.15) is 0 Å². The molecule has 0 atom stereocenters. The van der Waals surface area contributed by atoms with Crippen molar-refractivity contribution in [2.75, 3.05) is 7.11 Å². The monoisotopic (exact) mass is 316 g/mol. The number of hydrogen-bond donors (Lipinski definition) is 0. The Morgan fingerprint density at radius 1 is 0.714 bits per heavy atom. The lowest BCUT2D eigenvalue weighted by Crippen LogP contribution is -2.53. The van der Waals surface area contributed by atoms with Gasteiger partial charge in [0.2, 0.25) is 8.32 Å². The lowest BCUT2D eigenvalue weighted by molar-refractivity contribution is 0.313. The summed E-state index contributed by atoms with van der Waals surface area (Å²) in [6.45, 7) is 8.66. The second kappa shape index (κ2) is 6.28. The molecule has 0 saturated heterocycles. The highest BCUT2D eigenvalue weighted by Crippen LogP contribution is 2.20. The average Bonchev–Trinajstić information content (AvgIpc) is 2.47. The second-order valence-corrected chi connectivity index (χ2v) is 13.8. The van der Waals surface area contributed by atoms with Gasteiger partial charge in [0.25, 0.3) is 0 Å². The molecular weight excluding hydrogens is 292 g/mol. The van der Waals surface area contributed by atoms with Crippen LogP contribution in [-0.4, -0.2) is 24.0 Å². The van der Waals surface area contributed by atoms with Crippen LogP contribution in [0, 0.1) is 0 Å². The first kappa shape index (κ1) is 16.2. The molecule has 0 saturated carbocycles. The van der Waals surface area contributed by atoms with E-state index in [4.69, 9.17) is 8.54 Å². The highest BCUT2D eigenvalue weighted by molar-refractivity contribution is 6.90. The van der Waals surface area contributed by atoms with Gasteiger partial charge in [-0.2, -0.15) is 0 Å². The van der Waals surface area contributed by atoms with E-state index in [1.807, 2.05) is 6.07 Å². The van der Waals surface area contributed by atoms with Crippen LogP contribution in [0.15, 0.2) is 54.6 Å². The lowest BCUT2D eigenvalue weighted by Gasteiger charge is -2.32. The van der Waals surface area contributed by atoms with Crippen LogP contribution in [0.4, 0.5) is 0 Å². The minimum Gasteiger partial charge on any atom is -0.432 e. The van der Waals surface area contributed by atoms with Gasteiger partial charge in [-0.1, -0.05) is 54.6 Å². The van der Waals surface area contributed by atoms with E-state index in [9.17, 15) is 0 Å². The van der Waals surface area contributed by atoms with Gasteiger partial charge >= 0.3 is 8.56 Å². The Kier molecular flexibility index (Phi) is 4.83. The van der Waals surface area contributed by atoms with E-state index >= 15 is 0 Å². The molecule has 2 rings (SSSR count). The van der Waals surface area contributed by atoms with Crippen LogP contribution < -0.4 is 5.19 Å². The van der Waals surface area contributed by atoms with Crippen LogP contribution in [0.5, 0.6) is 0 Å². The smallest absolute Gasteiger partial charge is 0.321 e. The highest BCUT2D eigenvalue weighted by atomic mass is 28.4. The molecular formula is C17H24O2Si2. The Morgan fingerprint density at radius 3 is 1.76 bits per heavy atom. The van der Waals surface area contributed by atoms with Crippen molar-refractivity contribution in [1.29, 1.82) is 0 Å². The normalized spacial score (nSPS) is 12.4. The highest BCUT2D eigenvalue weighted by Gasteiger charge is 2.35. The van der Waals surface area contributed by atoms with Gasteiger partial charge < -0.3 is 8.54 Å². The summed E-state index contributed by atoms with van der Waals surface area (Å²) in [6.07, 6.45) is 0. The van der Waals surface area contributed by atoms with E-state index in [0.717, 1.165) is 0 Å². The van der Waals surface area contributed by atoms with E-state index in [1.165, 1.54) is 16.3 Å². The van der Waals surface area contributed by atoms with Gasteiger partial charge in [-0.05, 0) is 42.5 Å². The van der Waals surface area contributed by atoms with Crippen molar-refractivity contribution >= 4 is 22.1 Å². The maximum Gasteiger partial charge on any atom is 0.321 e. The largest absolute Gasteiger partial charge is 0.432 e. The molecule has 0 radical (unpaired) electrons. The third-order valence-corrected chi connectivity index (χ3v) is 10.4. The van der Waals surface area contributed by atoms with E-state index < -0.39 is 16.9 Å². The van der Waals surface area contributed by atoms with E-state index in [-0.39, 0.29) is 0 Å². The molecule has 0 spiro atoms. The summed E-state index contributed by atoms with van der Waals surface area (Å²) in [5.41, 5.74) is 2.49. The first-order chi connectivity index (χ1) is 9.84. The number of hydrogen-bond acceptors (Lipinski definition) is 2. The van der Waals surface area contributed by atoms with Crippen molar-refractivity contribution in [3.63, 3.8) is 0 Å². The Hall–Kier alpha value is -1.21. The molecule has 0 N–H and O–H groups in total. The van der Waals surface area contributed by atoms with Crippen LogP contribution in [0.1, 0.15) is 0 Å². The fourth-order valence-electron chi connectivity index (χ4n) is 2.41. The van der Waals surface area contributed by atoms with E-state index in [0.29, 0.717) is 0 Å².